The Morgan fingerprint density at radius 3 is 2.64 bits per heavy atom. The standard InChI is InChI=1S/C20H30Cl2N4O2/c1-15(20(27)28-3)23-11-5-4-6-19-24-17-14-16(7-8-18(17)25(19)2)26(12-9-21)13-10-22/h7-8,14-15,23H,4-6,9-13H2,1-3H3/t15-/m0/s1. The van der Waals surface area contributed by atoms with E-state index in [1.807, 2.05) is 6.92 Å². The molecule has 0 fully saturated rings. The second-order valence-electron chi connectivity index (χ2n) is 6.78. The Labute approximate surface area is 177 Å². The number of benzene rings is 1. The highest BCUT2D eigenvalue weighted by Gasteiger charge is 2.13. The number of anilines is 1. The number of nitrogens with one attached hydrogen (secondary N) is 1. The number of fused-ring (bicyclic) bond motifs is 1. The first-order valence-electron chi connectivity index (χ1n) is 9.65. The van der Waals surface area contributed by atoms with Crippen LogP contribution < -0.4 is 10.2 Å². The Balaban J connectivity index is 1.96. The van der Waals surface area contributed by atoms with Crippen molar-refractivity contribution in [3.63, 3.8) is 0 Å². The van der Waals surface area contributed by atoms with Gasteiger partial charge in [0.05, 0.1) is 18.1 Å². The molecule has 0 aliphatic rings. The van der Waals surface area contributed by atoms with Gasteiger partial charge in [0.1, 0.15) is 11.9 Å². The van der Waals surface area contributed by atoms with E-state index in [4.69, 9.17) is 32.9 Å². The molecule has 0 unspecified atom stereocenters. The number of imidazole rings is 1. The third-order valence-corrected chi connectivity index (χ3v) is 5.20. The number of nitrogens with zero attached hydrogens (tertiary/aromatic N) is 3. The van der Waals surface area contributed by atoms with Crippen LogP contribution in [0.3, 0.4) is 0 Å². The van der Waals surface area contributed by atoms with Crippen LogP contribution in [0.1, 0.15) is 25.6 Å². The number of aromatic nitrogens is 2. The van der Waals surface area contributed by atoms with Gasteiger partial charge in [-0.25, -0.2) is 4.98 Å². The minimum absolute atomic E-state index is 0.233. The average molecular weight is 429 g/mol. The van der Waals surface area contributed by atoms with E-state index < -0.39 is 0 Å². The summed E-state index contributed by atoms with van der Waals surface area (Å²) in [5, 5.41) is 3.18. The van der Waals surface area contributed by atoms with E-state index >= 15 is 0 Å². The summed E-state index contributed by atoms with van der Waals surface area (Å²) in [7, 11) is 3.46. The van der Waals surface area contributed by atoms with E-state index in [0.29, 0.717) is 11.8 Å². The Hall–Kier alpha value is -1.50. The van der Waals surface area contributed by atoms with Crippen molar-refractivity contribution in [1.82, 2.24) is 14.9 Å². The summed E-state index contributed by atoms with van der Waals surface area (Å²) in [5.41, 5.74) is 3.20. The topological polar surface area (TPSA) is 59.4 Å². The normalized spacial score (nSPS) is 12.3. The molecule has 156 valence electrons. The van der Waals surface area contributed by atoms with Crippen LogP contribution in [0.25, 0.3) is 11.0 Å². The average Bonchev–Trinajstić information content (AvgIpc) is 3.01. The molecule has 2 aromatic rings. The van der Waals surface area contributed by atoms with Crippen molar-refractivity contribution >= 4 is 45.9 Å². The predicted molar refractivity (Wildman–Crippen MR) is 117 cm³/mol. The summed E-state index contributed by atoms with van der Waals surface area (Å²) in [6.07, 6.45) is 2.85. The molecule has 28 heavy (non-hydrogen) atoms. The van der Waals surface area contributed by atoms with Crippen molar-refractivity contribution in [2.75, 3.05) is 43.4 Å². The molecule has 0 saturated carbocycles. The number of carbonyl (C=O) groups excluding carboxylic acids is 1. The number of unbranched alkanes of at least 4 members (excludes halogenated alkanes) is 1. The number of hydrogen-bond acceptors (Lipinski definition) is 5. The molecule has 0 radical (unpaired) electrons. The number of carbonyl (C=O) groups is 1. The summed E-state index contributed by atoms with van der Waals surface area (Å²) in [6, 6.07) is 6.04. The lowest BCUT2D eigenvalue weighted by atomic mass is 10.2. The predicted octanol–water partition coefficient (Wildman–Crippen LogP) is 3.33. The van der Waals surface area contributed by atoms with Gasteiger partial charge < -0.3 is 19.5 Å². The number of esters is 1. The molecule has 1 N–H and O–H groups in total. The van der Waals surface area contributed by atoms with E-state index in [-0.39, 0.29) is 12.0 Å². The smallest absolute Gasteiger partial charge is 0.322 e. The van der Waals surface area contributed by atoms with Gasteiger partial charge in [0.15, 0.2) is 0 Å². The van der Waals surface area contributed by atoms with Gasteiger partial charge in [-0.1, -0.05) is 0 Å². The summed E-state index contributed by atoms with van der Waals surface area (Å²) in [5.74, 6) is 1.95. The van der Waals surface area contributed by atoms with Gasteiger partial charge in [0, 0.05) is 44.0 Å². The first-order valence-corrected chi connectivity index (χ1v) is 10.7. The number of aryl methyl sites for hydroxylation is 2. The molecule has 1 aromatic heterocycles. The van der Waals surface area contributed by atoms with Crippen molar-refractivity contribution < 1.29 is 9.53 Å². The molecule has 0 amide bonds. The minimum Gasteiger partial charge on any atom is -0.468 e. The third-order valence-electron chi connectivity index (χ3n) is 4.86. The van der Waals surface area contributed by atoms with Crippen LogP contribution in [0.2, 0.25) is 0 Å². The molecule has 1 aromatic carbocycles. The van der Waals surface area contributed by atoms with E-state index in [1.54, 1.807) is 0 Å². The van der Waals surface area contributed by atoms with E-state index in [1.165, 1.54) is 7.11 Å². The van der Waals surface area contributed by atoms with Crippen molar-refractivity contribution in [2.45, 2.75) is 32.2 Å². The van der Waals surface area contributed by atoms with Crippen molar-refractivity contribution in [1.29, 1.82) is 0 Å². The summed E-state index contributed by atoms with van der Waals surface area (Å²) in [4.78, 5) is 18.4. The second kappa shape index (κ2) is 11.5. The summed E-state index contributed by atoms with van der Waals surface area (Å²) < 4.78 is 6.86. The lowest BCUT2D eigenvalue weighted by Gasteiger charge is -2.22. The third kappa shape index (κ3) is 6.00. The Bertz CT molecular complexity index is 760. The monoisotopic (exact) mass is 428 g/mol. The molecule has 0 spiro atoms. The fourth-order valence-electron chi connectivity index (χ4n) is 3.22. The summed E-state index contributed by atoms with van der Waals surface area (Å²) in [6.45, 7) is 4.11. The van der Waals surface area contributed by atoms with Crippen LogP contribution in [-0.2, 0) is 23.0 Å². The number of alkyl halides is 2. The first kappa shape index (κ1) is 22.8. The van der Waals surface area contributed by atoms with Gasteiger partial charge >= 0.3 is 5.97 Å². The zero-order chi connectivity index (χ0) is 20.5. The Kier molecular flexibility index (Phi) is 9.35. The fourth-order valence-corrected chi connectivity index (χ4v) is 3.63. The number of hydrogen-bond donors (Lipinski definition) is 1. The molecule has 2 rings (SSSR count). The van der Waals surface area contributed by atoms with Gasteiger partial charge in [-0.3, -0.25) is 4.79 Å². The summed E-state index contributed by atoms with van der Waals surface area (Å²) >= 11 is 11.8. The second-order valence-corrected chi connectivity index (χ2v) is 7.54. The van der Waals surface area contributed by atoms with Crippen LogP contribution in [0.15, 0.2) is 18.2 Å². The number of methoxy groups -OCH3 is 1. The first-order chi connectivity index (χ1) is 13.5. The highest BCUT2D eigenvalue weighted by atomic mass is 35.5. The lowest BCUT2D eigenvalue weighted by Crippen LogP contribution is -2.35. The molecule has 1 atom stereocenters. The van der Waals surface area contributed by atoms with Crippen LogP contribution in [0.5, 0.6) is 0 Å². The number of rotatable bonds is 12. The quantitative estimate of drug-likeness (QED) is 0.319. The van der Waals surface area contributed by atoms with E-state index in [2.05, 4.69) is 40.0 Å². The van der Waals surface area contributed by atoms with Crippen LogP contribution >= 0.6 is 23.2 Å². The molecule has 0 bridgehead atoms. The van der Waals surface area contributed by atoms with Crippen molar-refractivity contribution in [3.05, 3.63) is 24.0 Å². The van der Waals surface area contributed by atoms with Crippen LogP contribution in [0.4, 0.5) is 5.69 Å². The highest BCUT2D eigenvalue weighted by Crippen LogP contribution is 2.23. The van der Waals surface area contributed by atoms with Crippen LogP contribution in [-0.4, -0.2) is 60.1 Å². The minimum atomic E-state index is -0.275. The zero-order valence-electron chi connectivity index (χ0n) is 16.9. The van der Waals surface area contributed by atoms with Gasteiger partial charge in [0.25, 0.3) is 0 Å². The molecule has 6 nitrogen and oxygen atoms in total. The van der Waals surface area contributed by atoms with Crippen molar-refractivity contribution in [3.8, 4) is 0 Å². The zero-order valence-corrected chi connectivity index (χ0v) is 18.4. The fraction of sp³-hybridized carbons (Fsp3) is 0.600. The van der Waals surface area contributed by atoms with Gasteiger partial charge in [0.2, 0.25) is 0 Å². The SMILES string of the molecule is COC(=O)[C@H](C)NCCCCc1nc2cc(N(CCCl)CCCl)ccc2n1C. The number of halogens is 2. The Morgan fingerprint density at radius 2 is 2.00 bits per heavy atom. The van der Waals surface area contributed by atoms with Gasteiger partial charge in [-0.05, 0) is 44.5 Å². The molecule has 1 heterocycles. The lowest BCUT2D eigenvalue weighted by molar-refractivity contribution is -0.142. The largest absolute Gasteiger partial charge is 0.468 e. The highest BCUT2D eigenvalue weighted by molar-refractivity contribution is 6.18. The molecule has 8 heteroatoms. The van der Waals surface area contributed by atoms with Crippen molar-refractivity contribution in [2.24, 2.45) is 7.05 Å². The van der Waals surface area contributed by atoms with Crippen LogP contribution in [0, 0.1) is 0 Å². The maximum absolute atomic E-state index is 11.4. The Morgan fingerprint density at radius 1 is 1.29 bits per heavy atom. The maximum Gasteiger partial charge on any atom is 0.322 e. The molecule has 0 aliphatic heterocycles. The molecule has 0 aliphatic carbocycles. The van der Waals surface area contributed by atoms with E-state index in [0.717, 1.165) is 61.4 Å². The van der Waals surface area contributed by atoms with Gasteiger partial charge in [-0.15, -0.1) is 23.2 Å². The molecular formula is C20H30Cl2N4O2. The maximum atomic E-state index is 11.4. The van der Waals surface area contributed by atoms with E-state index in [9.17, 15) is 4.79 Å². The van der Waals surface area contributed by atoms with Gasteiger partial charge in [-0.2, -0.15) is 0 Å². The molecular weight excluding hydrogens is 399 g/mol. The number of ether oxygens (including phenoxy) is 1. The molecule has 0 saturated heterocycles.